The first kappa shape index (κ1) is 11.1. The zero-order valence-electron chi connectivity index (χ0n) is 6.95. The summed E-state index contributed by atoms with van der Waals surface area (Å²) in [6, 6.07) is 0. The molecule has 0 aliphatic heterocycles. The van der Waals surface area contributed by atoms with Crippen molar-refractivity contribution in [2.75, 3.05) is 19.8 Å². The normalized spacial score (nSPS) is 9.50. The van der Waals surface area contributed by atoms with E-state index in [0.717, 1.165) is 0 Å². The van der Waals surface area contributed by atoms with E-state index < -0.39 is 5.97 Å². The van der Waals surface area contributed by atoms with Crippen molar-refractivity contribution < 1.29 is 19.7 Å². The van der Waals surface area contributed by atoms with Gasteiger partial charge in [-0.05, 0) is 0 Å². The van der Waals surface area contributed by atoms with E-state index in [0.29, 0.717) is 6.42 Å². The van der Waals surface area contributed by atoms with Gasteiger partial charge in [-0.1, -0.05) is 6.58 Å². The van der Waals surface area contributed by atoms with Crippen LogP contribution < -0.4 is 0 Å². The number of esters is 1. The van der Waals surface area contributed by atoms with Gasteiger partial charge in [0.1, 0.15) is 0 Å². The molecule has 0 aliphatic carbocycles. The van der Waals surface area contributed by atoms with Gasteiger partial charge in [-0.2, -0.15) is 0 Å². The molecule has 0 spiro atoms. The molecule has 4 heteroatoms. The Morgan fingerprint density at radius 1 is 1.33 bits per heavy atom. The minimum atomic E-state index is -0.502. The van der Waals surface area contributed by atoms with Crippen LogP contribution in [0, 0.1) is 0 Å². The van der Waals surface area contributed by atoms with Gasteiger partial charge in [0.2, 0.25) is 0 Å². The van der Waals surface area contributed by atoms with E-state index in [4.69, 9.17) is 10.2 Å². The lowest BCUT2D eigenvalue weighted by Crippen LogP contribution is -2.10. The molecular weight excluding hydrogens is 160 g/mol. The second kappa shape index (κ2) is 6.82. The molecule has 0 radical (unpaired) electrons. The molecule has 0 fully saturated rings. The summed E-state index contributed by atoms with van der Waals surface area (Å²) in [4.78, 5) is 10.9. The average molecular weight is 174 g/mol. The van der Waals surface area contributed by atoms with Crippen molar-refractivity contribution in [2.45, 2.75) is 12.8 Å². The molecule has 70 valence electrons. The first-order chi connectivity index (χ1) is 5.72. The molecule has 4 nitrogen and oxygen atoms in total. The highest BCUT2D eigenvalue weighted by atomic mass is 16.5. The second-order valence-electron chi connectivity index (χ2n) is 2.29. The monoisotopic (exact) mass is 174 g/mol. The zero-order chi connectivity index (χ0) is 9.40. The Hall–Kier alpha value is -0.870. The summed E-state index contributed by atoms with van der Waals surface area (Å²) >= 11 is 0. The van der Waals surface area contributed by atoms with Gasteiger partial charge < -0.3 is 14.9 Å². The fourth-order valence-electron chi connectivity index (χ4n) is 0.568. The van der Waals surface area contributed by atoms with Crippen molar-refractivity contribution >= 4 is 5.97 Å². The number of ether oxygens (including phenoxy) is 1. The first-order valence-corrected chi connectivity index (χ1v) is 3.79. The Labute approximate surface area is 71.5 Å². The van der Waals surface area contributed by atoms with Crippen LogP contribution in [0.5, 0.6) is 0 Å². The van der Waals surface area contributed by atoms with E-state index in [1.54, 1.807) is 0 Å². The first-order valence-electron chi connectivity index (χ1n) is 3.79. The van der Waals surface area contributed by atoms with E-state index >= 15 is 0 Å². The summed E-state index contributed by atoms with van der Waals surface area (Å²) in [6.07, 6.45) is 0.663. The van der Waals surface area contributed by atoms with Gasteiger partial charge in [0.05, 0.1) is 6.61 Å². The molecule has 0 heterocycles. The van der Waals surface area contributed by atoms with Gasteiger partial charge in [0, 0.05) is 31.6 Å². The van der Waals surface area contributed by atoms with Gasteiger partial charge in [0.15, 0.2) is 0 Å². The van der Waals surface area contributed by atoms with Crippen LogP contribution in [0.1, 0.15) is 12.8 Å². The van der Waals surface area contributed by atoms with Gasteiger partial charge >= 0.3 is 5.97 Å². The number of rotatable bonds is 6. The minimum Gasteiger partial charge on any atom is -0.462 e. The summed E-state index contributed by atoms with van der Waals surface area (Å²) in [5, 5.41) is 16.8. The number of hydrogen-bond acceptors (Lipinski definition) is 4. The van der Waals surface area contributed by atoms with Crippen LogP contribution in [0.3, 0.4) is 0 Å². The maximum Gasteiger partial charge on any atom is 0.333 e. The highest BCUT2D eigenvalue weighted by Crippen LogP contribution is 1.99. The predicted molar refractivity (Wildman–Crippen MR) is 43.5 cm³/mol. The van der Waals surface area contributed by atoms with Crippen molar-refractivity contribution in [1.29, 1.82) is 0 Å². The van der Waals surface area contributed by atoms with Crippen molar-refractivity contribution in [3.63, 3.8) is 0 Å². The molecular formula is C8H14O4. The van der Waals surface area contributed by atoms with Crippen LogP contribution in [0.25, 0.3) is 0 Å². The highest BCUT2D eigenvalue weighted by molar-refractivity contribution is 5.87. The van der Waals surface area contributed by atoms with E-state index in [-0.39, 0.29) is 31.8 Å². The number of carbonyl (C=O) groups is 1. The molecule has 0 unspecified atom stereocenters. The largest absolute Gasteiger partial charge is 0.462 e. The molecule has 0 atom stereocenters. The van der Waals surface area contributed by atoms with Crippen LogP contribution in [0.15, 0.2) is 12.2 Å². The molecule has 0 saturated carbocycles. The summed E-state index contributed by atoms with van der Waals surface area (Å²) in [6.45, 7) is 3.52. The topological polar surface area (TPSA) is 66.8 Å². The summed E-state index contributed by atoms with van der Waals surface area (Å²) < 4.78 is 4.69. The summed E-state index contributed by atoms with van der Waals surface area (Å²) in [5.74, 6) is -0.502. The Kier molecular flexibility index (Phi) is 6.32. The predicted octanol–water partition coefficient (Wildman–Crippen LogP) is -0.149. The Morgan fingerprint density at radius 2 is 2.00 bits per heavy atom. The summed E-state index contributed by atoms with van der Waals surface area (Å²) in [5.41, 5.74) is 0.260. The fourth-order valence-corrected chi connectivity index (χ4v) is 0.568. The minimum absolute atomic E-state index is 0.000242. The lowest BCUT2D eigenvalue weighted by Gasteiger charge is -2.04. The van der Waals surface area contributed by atoms with E-state index in [9.17, 15) is 4.79 Å². The SMILES string of the molecule is C=C(CCO)C(=O)OCCCO. The average Bonchev–Trinajstić information content (AvgIpc) is 2.05. The molecule has 0 aromatic carbocycles. The van der Waals surface area contributed by atoms with Gasteiger partial charge in [-0.15, -0.1) is 0 Å². The molecule has 0 amide bonds. The molecule has 0 aromatic heterocycles. The molecule has 0 rings (SSSR count). The van der Waals surface area contributed by atoms with Crippen LogP contribution in [-0.4, -0.2) is 36.0 Å². The van der Waals surface area contributed by atoms with Crippen LogP contribution in [0.4, 0.5) is 0 Å². The molecule has 0 aromatic rings. The maximum atomic E-state index is 10.9. The number of hydrogen-bond donors (Lipinski definition) is 2. The maximum absolute atomic E-state index is 10.9. The Balaban J connectivity index is 3.50. The smallest absolute Gasteiger partial charge is 0.333 e. The van der Waals surface area contributed by atoms with Gasteiger partial charge in [-0.3, -0.25) is 0 Å². The van der Waals surface area contributed by atoms with Crippen molar-refractivity contribution in [1.82, 2.24) is 0 Å². The number of aliphatic hydroxyl groups excluding tert-OH is 2. The van der Waals surface area contributed by atoms with Gasteiger partial charge in [0.25, 0.3) is 0 Å². The number of aliphatic hydroxyl groups is 2. The Bertz CT molecular complexity index is 153. The number of carbonyl (C=O) groups excluding carboxylic acids is 1. The lowest BCUT2D eigenvalue weighted by atomic mass is 10.2. The third-order valence-electron chi connectivity index (χ3n) is 1.24. The molecule has 12 heavy (non-hydrogen) atoms. The Morgan fingerprint density at radius 3 is 2.50 bits per heavy atom. The van der Waals surface area contributed by atoms with E-state index in [1.165, 1.54) is 0 Å². The third kappa shape index (κ3) is 4.87. The van der Waals surface area contributed by atoms with E-state index in [1.807, 2.05) is 0 Å². The highest BCUT2D eigenvalue weighted by Gasteiger charge is 2.06. The van der Waals surface area contributed by atoms with E-state index in [2.05, 4.69) is 11.3 Å². The van der Waals surface area contributed by atoms with Crippen molar-refractivity contribution in [2.24, 2.45) is 0 Å². The van der Waals surface area contributed by atoms with Crippen molar-refractivity contribution in [3.8, 4) is 0 Å². The third-order valence-corrected chi connectivity index (χ3v) is 1.24. The standard InChI is InChI=1S/C8H14O4/c1-7(3-5-10)8(11)12-6-2-4-9/h9-10H,1-6H2. The molecule has 0 bridgehead atoms. The molecule has 0 aliphatic rings. The summed E-state index contributed by atoms with van der Waals surface area (Å²) in [7, 11) is 0. The molecule has 0 saturated heterocycles. The quantitative estimate of drug-likeness (QED) is 0.334. The van der Waals surface area contributed by atoms with Crippen LogP contribution >= 0.6 is 0 Å². The zero-order valence-corrected chi connectivity index (χ0v) is 6.95. The fraction of sp³-hybridized carbons (Fsp3) is 0.625. The lowest BCUT2D eigenvalue weighted by molar-refractivity contribution is -0.139. The van der Waals surface area contributed by atoms with Gasteiger partial charge in [-0.25, -0.2) is 4.79 Å². The molecule has 2 N–H and O–H groups in total. The van der Waals surface area contributed by atoms with Crippen LogP contribution in [0.2, 0.25) is 0 Å². The van der Waals surface area contributed by atoms with Crippen LogP contribution in [-0.2, 0) is 9.53 Å². The van der Waals surface area contributed by atoms with Crippen molar-refractivity contribution in [3.05, 3.63) is 12.2 Å². The second-order valence-corrected chi connectivity index (χ2v) is 2.29.